The smallest absolute Gasteiger partial charge is 0.160 e. The normalized spacial score (nSPS) is 11.6. The van der Waals surface area contributed by atoms with Crippen LogP contribution in [0.15, 0.2) is 78.9 Å². The van der Waals surface area contributed by atoms with E-state index in [-0.39, 0.29) is 5.78 Å². The molecule has 4 aromatic rings. The van der Waals surface area contributed by atoms with Gasteiger partial charge in [0.15, 0.2) is 5.78 Å². The lowest BCUT2D eigenvalue weighted by molar-refractivity contribution is 0.101. The van der Waals surface area contributed by atoms with Crippen molar-refractivity contribution >= 4 is 16.7 Å². The number of ketones is 1. The number of para-hydroxylation sites is 1. The summed E-state index contributed by atoms with van der Waals surface area (Å²) in [5, 5.41) is 0.861. The number of aromatic nitrogens is 1. The molecule has 3 aromatic carbocycles. The second kappa shape index (κ2) is 7.25. The van der Waals surface area contributed by atoms with Gasteiger partial charge in [0, 0.05) is 16.5 Å². The van der Waals surface area contributed by atoms with Crippen molar-refractivity contribution < 1.29 is 9.18 Å². The Kier molecular flexibility index (Phi) is 4.75. The van der Waals surface area contributed by atoms with Crippen LogP contribution in [-0.2, 0) is 5.67 Å². The van der Waals surface area contributed by atoms with Crippen molar-refractivity contribution in [3.63, 3.8) is 0 Å². The molecule has 0 N–H and O–H groups in total. The molecule has 1 heterocycles. The van der Waals surface area contributed by atoms with Gasteiger partial charge in [-0.25, -0.2) is 9.37 Å². The summed E-state index contributed by atoms with van der Waals surface area (Å²) in [5.41, 5.74) is 4.19. The quantitative estimate of drug-likeness (QED) is 0.356. The maximum Gasteiger partial charge on any atom is 0.160 e. The molecule has 0 bridgehead atoms. The fourth-order valence-electron chi connectivity index (χ4n) is 3.69. The van der Waals surface area contributed by atoms with Gasteiger partial charge in [0.05, 0.1) is 11.2 Å². The summed E-state index contributed by atoms with van der Waals surface area (Å²) >= 11 is 0. The lowest BCUT2D eigenvalue weighted by Crippen LogP contribution is -2.10. The molecule has 0 saturated heterocycles. The van der Waals surface area contributed by atoms with Crippen LogP contribution in [0.25, 0.3) is 33.3 Å². The van der Waals surface area contributed by atoms with Crippen molar-refractivity contribution in [1.82, 2.24) is 4.98 Å². The number of hydrogen-bond donors (Lipinski definition) is 0. The predicted octanol–water partition coefficient (Wildman–Crippen LogP) is 6.98. The van der Waals surface area contributed by atoms with E-state index in [1.165, 1.54) is 0 Å². The lowest BCUT2D eigenvalue weighted by Gasteiger charge is -2.19. The minimum Gasteiger partial charge on any atom is -0.294 e. The fourth-order valence-corrected chi connectivity index (χ4v) is 3.69. The summed E-state index contributed by atoms with van der Waals surface area (Å²) in [6.07, 6.45) is 0. The summed E-state index contributed by atoms with van der Waals surface area (Å²) in [7, 11) is 0. The highest BCUT2D eigenvalue weighted by Crippen LogP contribution is 2.35. The van der Waals surface area contributed by atoms with Crippen molar-refractivity contribution in [2.45, 2.75) is 26.4 Å². The van der Waals surface area contributed by atoms with E-state index in [4.69, 9.17) is 4.98 Å². The second-order valence-corrected chi connectivity index (χ2v) is 7.72. The van der Waals surface area contributed by atoms with Crippen LogP contribution in [0.1, 0.15) is 36.7 Å². The molecule has 0 spiro atoms. The Morgan fingerprint density at radius 1 is 0.862 bits per heavy atom. The van der Waals surface area contributed by atoms with E-state index in [0.717, 1.165) is 33.3 Å². The average Bonchev–Trinajstić information content (AvgIpc) is 2.72. The van der Waals surface area contributed by atoms with Gasteiger partial charge >= 0.3 is 0 Å². The van der Waals surface area contributed by atoms with Gasteiger partial charge in [-0.1, -0.05) is 66.7 Å². The number of carbonyl (C=O) groups excluding carboxylic acids is 1. The number of carbonyl (C=O) groups is 1. The van der Waals surface area contributed by atoms with E-state index in [0.29, 0.717) is 11.1 Å². The molecule has 1 aromatic heterocycles. The first-order valence-electron chi connectivity index (χ1n) is 9.64. The number of hydrogen-bond acceptors (Lipinski definition) is 2. The Labute approximate surface area is 170 Å². The predicted molar refractivity (Wildman–Crippen MR) is 117 cm³/mol. The molecule has 0 saturated carbocycles. The molecular formula is C26H22FNO. The van der Waals surface area contributed by atoms with Crippen molar-refractivity contribution in [3.05, 3.63) is 90.0 Å². The highest BCUT2D eigenvalue weighted by atomic mass is 19.1. The maximum atomic E-state index is 14.6. The van der Waals surface area contributed by atoms with E-state index >= 15 is 0 Å². The zero-order chi connectivity index (χ0) is 20.6. The zero-order valence-corrected chi connectivity index (χ0v) is 16.7. The third-order valence-corrected chi connectivity index (χ3v) is 5.15. The summed E-state index contributed by atoms with van der Waals surface area (Å²) < 4.78 is 14.6. The highest BCUT2D eigenvalue weighted by molar-refractivity contribution is 6.07. The molecule has 0 aliphatic heterocycles. The van der Waals surface area contributed by atoms with Crippen molar-refractivity contribution in [3.8, 4) is 22.4 Å². The molecule has 144 valence electrons. The number of alkyl halides is 1. The van der Waals surface area contributed by atoms with Crippen molar-refractivity contribution in [1.29, 1.82) is 0 Å². The number of halogens is 1. The number of nitrogens with zero attached hydrogens (tertiary/aromatic N) is 1. The zero-order valence-electron chi connectivity index (χ0n) is 16.7. The Morgan fingerprint density at radius 2 is 1.48 bits per heavy atom. The van der Waals surface area contributed by atoms with E-state index in [2.05, 4.69) is 0 Å². The van der Waals surface area contributed by atoms with Gasteiger partial charge in [0.25, 0.3) is 0 Å². The maximum absolute atomic E-state index is 14.6. The molecule has 0 fully saturated rings. The minimum absolute atomic E-state index is 0.0144. The molecular weight excluding hydrogens is 361 g/mol. The standard InChI is InChI=1S/C26H22FNO/c1-17(29)22-16-25(28-24-11-7-5-9-21(22)24)19-14-12-18(13-15-19)20-8-4-6-10-23(20)26(2,3)27/h4-16H,1-3H3. The van der Waals surface area contributed by atoms with E-state index in [9.17, 15) is 9.18 Å². The first-order valence-corrected chi connectivity index (χ1v) is 9.64. The van der Waals surface area contributed by atoms with Gasteiger partial charge in [-0.05, 0) is 49.6 Å². The Morgan fingerprint density at radius 3 is 2.17 bits per heavy atom. The van der Waals surface area contributed by atoms with Crippen LogP contribution < -0.4 is 0 Å². The minimum atomic E-state index is -1.43. The van der Waals surface area contributed by atoms with Crippen LogP contribution in [0.2, 0.25) is 0 Å². The first kappa shape index (κ1) is 19.0. The SMILES string of the molecule is CC(=O)c1cc(-c2ccc(-c3ccccc3C(C)(C)F)cc2)nc2ccccc12. The van der Waals surface area contributed by atoms with Gasteiger partial charge in [-0.2, -0.15) is 0 Å². The molecule has 2 nitrogen and oxygen atoms in total. The first-order chi connectivity index (χ1) is 13.8. The van der Waals surface area contributed by atoms with Crippen LogP contribution in [0.5, 0.6) is 0 Å². The van der Waals surface area contributed by atoms with Gasteiger partial charge in [-0.15, -0.1) is 0 Å². The lowest BCUT2D eigenvalue weighted by atomic mass is 9.90. The van der Waals surface area contributed by atoms with Gasteiger partial charge < -0.3 is 0 Å². The third-order valence-electron chi connectivity index (χ3n) is 5.15. The Bertz CT molecular complexity index is 1200. The topological polar surface area (TPSA) is 30.0 Å². The van der Waals surface area contributed by atoms with E-state index in [1.807, 2.05) is 78.9 Å². The summed E-state index contributed by atoms with van der Waals surface area (Å²) in [6.45, 7) is 4.72. The molecule has 0 atom stereocenters. The van der Waals surface area contributed by atoms with Crippen LogP contribution >= 0.6 is 0 Å². The van der Waals surface area contributed by atoms with Gasteiger partial charge in [0.2, 0.25) is 0 Å². The number of pyridine rings is 1. The van der Waals surface area contributed by atoms with Gasteiger partial charge in [-0.3, -0.25) is 4.79 Å². The molecule has 3 heteroatoms. The molecule has 0 unspecified atom stereocenters. The summed E-state index contributed by atoms with van der Waals surface area (Å²) in [6, 6.07) is 24.9. The van der Waals surface area contributed by atoms with Crippen molar-refractivity contribution in [2.75, 3.05) is 0 Å². The average molecular weight is 383 g/mol. The molecule has 0 radical (unpaired) electrons. The fraction of sp³-hybridized carbons (Fsp3) is 0.154. The summed E-state index contributed by atoms with van der Waals surface area (Å²) in [5.74, 6) is 0.0144. The van der Waals surface area contributed by atoms with Gasteiger partial charge in [0.1, 0.15) is 5.67 Å². The van der Waals surface area contributed by atoms with Crippen molar-refractivity contribution in [2.24, 2.45) is 0 Å². The molecule has 0 aliphatic carbocycles. The largest absolute Gasteiger partial charge is 0.294 e. The van der Waals surface area contributed by atoms with Crippen LogP contribution in [-0.4, -0.2) is 10.8 Å². The number of fused-ring (bicyclic) bond motifs is 1. The van der Waals surface area contributed by atoms with E-state index in [1.54, 1.807) is 20.8 Å². The molecule has 4 rings (SSSR count). The monoisotopic (exact) mass is 383 g/mol. The Balaban J connectivity index is 1.80. The Hall–Kier alpha value is -3.33. The molecule has 29 heavy (non-hydrogen) atoms. The number of rotatable bonds is 4. The number of Topliss-reactive ketones (excluding diaryl/α,β-unsaturated/α-hetero) is 1. The van der Waals surface area contributed by atoms with Crippen LogP contribution in [0, 0.1) is 0 Å². The second-order valence-electron chi connectivity index (χ2n) is 7.72. The van der Waals surface area contributed by atoms with E-state index < -0.39 is 5.67 Å². The third kappa shape index (κ3) is 3.68. The highest BCUT2D eigenvalue weighted by Gasteiger charge is 2.22. The van der Waals surface area contributed by atoms with Crippen LogP contribution in [0.3, 0.4) is 0 Å². The van der Waals surface area contributed by atoms with Crippen LogP contribution in [0.4, 0.5) is 4.39 Å². The number of benzene rings is 3. The molecule has 0 aliphatic rings. The molecule has 0 amide bonds. The summed E-state index contributed by atoms with van der Waals surface area (Å²) in [4.78, 5) is 16.9.